The Morgan fingerprint density at radius 1 is 1.00 bits per heavy atom. The van der Waals surface area contributed by atoms with E-state index in [-0.39, 0.29) is 29.6 Å². The zero-order valence-electron chi connectivity index (χ0n) is 20.3. The molecular weight excluding hydrogens is 474 g/mol. The number of hydrogen-bond donors (Lipinski definition) is 3. The van der Waals surface area contributed by atoms with Crippen LogP contribution in [0.5, 0.6) is 0 Å². The number of benzene rings is 2. The largest absolute Gasteiger partial charge is 0.396 e. The van der Waals surface area contributed by atoms with Gasteiger partial charge in [-0.3, -0.25) is 14.4 Å². The summed E-state index contributed by atoms with van der Waals surface area (Å²) in [5, 5.41) is 15.3. The summed E-state index contributed by atoms with van der Waals surface area (Å²) in [5.74, 6) is -1.32. The van der Waals surface area contributed by atoms with E-state index in [9.17, 15) is 14.4 Å². The quantitative estimate of drug-likeness (QED) is 0.429. The molecule has 7 nitrogen and oxygen atoms in total. The van der Waals surface area contributed by atoms with Gasteiger partial charge in [0.25, 0.3) is 0 Å². The summed E-state index contributed by atoms with van der Waals surface area (Å²) in [6.45, 7) is 0.967. The lowest BCUT2D eigenvalue weighted by molar-refractivity contribution is -0.139. The number of carbonyl (C=O) groups excluding carboxylic acids is 3. The fraction of sp³-hybridized carbons (Fsp3) is 0.464. The molecule has 190 valence electrons. The Hall–Kier alpha value is -2.84. The van der Waals surface area contributed by atoms with Crippen LogP contribution in [0.1, 0.15) is 37.7 Å². The minimum Gasteiger partial charge on any atom is -0.396 e. The molecule has 5 rings (SSSR count). The predicted molar refractivity (Wildman–Crippen MR) is 140 cm³/mol. The maximum atomic E-state index is 13.9. The molecule has 2 aromatic carbocycles. The molecule has 3 amide bonds. The number of nitrogens with zero attached hydrogens (tertiary/aromatic N) is 1. The molecule has 3 aliphatic rings. The third-order valence-electron chi connectivity index (χ3n) is 7.76. The van der Waals surface area contributed by atoms with Gasteiger partial charge in [-0.25, -0.2) is 0 Å². The number of aliphatic hydroxyl groups is 1. The fourth-order valence-electron chi connectivity index (χ4n) is 6.19. The van der Waals surface area contributed by atoms with Gasteiger partial charge in [0, 0.05) is 30.6 Å². The Morgan fingerprint density at radius 3 is 2.44 bits per heavy atom. The van der Waals surface area contributed by atoms with Crippen molar-refractivity contribution in [2.45, 2.75) is 54.7 Å². The first-order chi connectivity index (χ1) is 17.5. The molecule has 2 bridgehead atoms. The van der Waals surface area contributed by atoms with E-state index in [1.807, 2.05) is 60.7 Å². The summed E-state index contributed by atoms with van der Waals surface area (Å²) in [5.41, 5.74) is 1.72. The molecule has 5 atom stereocenters. The average Bonchev–Trinajstić information content (AvgIpc) is 3.54. The molecule has 0 saturated carbocycles. The number of hydrogen-bond acceptors (Lipinski definition) is 5. The summed E-state index contributed by atoms with van der Waals surface area (Å²) in [6, 6.07) is 18.5. The van der Waals surface area contributed by atoms with Gasteiger partial charge < -0.3 is 20.6 Å². The Morgan fingerprint density at radius 2 is 1.72 bits per heavy atom. The molecule has 0 radical (unpaired) electrons. The first kappa shape index (κ1) is 24.8. The van der Waals surface area contributed by atoms with Crippen LogP contribution in [0.4, 0.5) is 5.69 Å². The van der Waals surface area contributed by atoms with Gasteiger partial charge in [0.1, 0.15) is 6.04 Å². The van der Waals surface area contributed by atoms with Crippen molar-refractivity contribution < 1.29 is 19.5 Å². The van der Waals surface area contributed by atoms with Crippen molar-refractivity contribution in [2.24, 2.45) is 11.8 Å². The van der Waals surface area contributed by atoms with Crippen LogP contribution < -0.4 is 10.6 Å². The Balaban J connectivity index is 1.39. The number of rotatable bonds is 10. The van der Waals surface area contributed by atoms with E-state index in [0.717, 1.165) is 24.8 Å². The molecule has 0 aliphatic carbocycles. The SMILES string of the molecule is O=C(NCc1ccccc1)C1N(CCCCCO)C(=O)[C@@H]2[C@H](C(=O)Nc3ccccc3)[C@@H]3CCC12S3. The summed E-state index contributed by atoms with van der Waals surface area (Å²) in [6.07, 6.45) is 3.74. The number of unbranched alkanes of at least 4 members (excludes halogenated alkanes) is 2. The van der Waals surface area contributed by atoms with Gasteiger partial charge in [-0.2, -0.15) is 0 Å². The van der Waals surface area contributed by atoms with E-state index in [0.29, 0.717) is 31.6 Å². The lowest BCUT2D eigenvalue weighted by Crippen LogP contribution is -2.53. The first-order valence-corrected chi connectivity index (χ1v) is 13.7. The summed E-state index contributed by atoms with van der Waals surface area (Å²) < 4.78 is -0.585. The van der Waals surface area contributed by atoms with Crippen LogP contribution in [-0.4, -0.2) is 56.9 Å². The zero-order valence-corrected chi connectivity index (χ0v) is 21.1. The highest BCUT2D eigenvalue weighted by Gasteiger charge is 2.73. The number of carbonyl (C=O) groups is 3. The van der Waals surface area contributed by atoms with E-state index < -0.39 is 22.6 Å². The van der Waals surface area contributed by atoms with Gasteiger partial charge in [-0.15, -0.1) is 11.8 Å². The number of amides is 3. The third-order valence-corrected chi connectivity index (χ3v) is 9.71. The molecule has 3 saturated heterocycles. The number of likely N-dealkylation sites (tertiary alicyclic amines) is 1. The van der Waals surface area contributed by atoms with E-state index in [2.05, 4.69) is 10.6 Å². The molecule has 3 N–H and O–H groups in total. The van der Waals surface area contributed by atoms with Crippen LogP contribution in [0.2, 0.25) is 0 Å². The van der Waals surface area contributed by atoms with Gasteiger partial charge in [-0.1, -0.05) is 48.5 Å². The van der Waals surface area contributed by atoms with Crippen LogP contribution in [0, 0.1) is 11.8 Å². The maximum Gasteiger partial charge on any atom is 0.244 e. The van der Waals surface area contributed by atoms with Gasteiger partial charge in [0.05, 0.1) is 16.6 Å². The second-order valence-electron chi connectivity index (χ2n) is 9.93. The van der Waals surface area contributed by atoms with Crippen LogP contribution in [-0.2, 0) is 20.9 Å². The van der Waals surface area contributed by atoms with E-state index in [1.54, 1.807) is 16.7 Å². The molecule has 0 aromatic heterocycles. The monoisotopic (exact) mass is 507 g/mol. The van der Waals surface area contributed by atoms with E-state index in [1.165, 1.54) is 0 Å². The van der Waals surface area contributed by atoms with Crippen LogP contribution in [0.15, 0.2) is 60.7 Å². The Bertz CT molecular complexity index is 1100. The molecule has 1 spiro atoms. The molecule has 2 aromatic rings. The molecule has 3 fully saturated rings. The van der Waals surface area contributed by atoms with Crippen molar-refractivity contribution in [1.82, 2.24) is 10.2 Å². The van der Waals surface area contributed by atoms with E-state index in [4.69, 9.17) is 5.11 Å². The molecule has 36 heavy (non-hydrogen) atoms. The smallest absolute Gasteiger partial charge is 0.244 e. The number of para-hydroxylation sites is 1. The number of anilines is 1. The molecule has 3 aliphatic heterocycles. The molecule has 3 heterocycles. The predicted octanol–water partition coefficient (Wildman–Crippen LogP) is 3.20. The number of thioether (sulfide) groups is 1. The van der Waals surface area contributed by atoms with Crippen molar-refractivity contribution in [3.8, 4) is 0 Å². The van der Waals surface area contributed by atoms with Gasteiger partial charge in [0.15, 0.2) is 0 Å². The zero-order chi connectivity index (χ0) is 25.1. The second kappa shape index (κ2) is 10.6. The van der Waals surface area contributed by atoms with Crippen molar-refractivity contribution in [2.75, 3.05) is 18.5 Å². The Labute approximate surface area is 216 Å². The minimum atomic E-state index is -0.600. The van der Waals surface area contributed by atoms with Crippen LogP contribution in [0.3, 0.4) is 0 Å². The van der Waals surface area contributed by atoms with Crippen LogP contribution >= 0.6 is 11.8 Å². The number of nitrogens with one attached hydrogen (secondary N) is 2. The fourth-order valence-corrected chi connectivity index (χ4v) is 8.41. The van der Waals surface area contributed by atoms with Gasteiger partial charge in [-0.05, 0) is 49.8 Å². The number of aliphatic hydroxyl groups excluding tert-OH is 1. The van der Waals surface area contributed by atoms with Crippen molar-refractivity contribution in [3.05, 3.63) is 66.2 Å². The van der Waals surface area contributed by atoms with E-state index >= 15 is 0 Å². The lowest BCUT2D eigenvalue weighted by atomic mass is 9.70. The number of fused-ring (bicyclic) bond motifs is 1. The van der Waals surface area contributed by atoms with Crippen molar-refractivity contribution in [3.63, 3.8) is 0 Å². The van der Waals surface area contributed by atoms with Gasteiger partial charge >= 0.3 is 0 Å². The summed E-state index contributed by atoms with van der Waals surface area (Å²) >= 11 is 1.68. The highest BCUT2D eigenvalue weighted by atomic mass is 32.2. The van der Waals surface area contributed by atoms with Crippen molar-refractivity contribution >= 4 is 35.2 Å². The molecular formula is C28H33N3O4S. The average molecular weight is 508 g/mol. The highest BCUT2D eigenvalue weighted by molar-refractivity contribution is 8.02. The molecule has 8 heteroatoms. The maximum absolute atomic E-state index is 13.9. The van der Waals surface area contributed by atoms with Crippen LogP contribution in [0.25, 0.3) is 0 Å². The summed E-state index contributed by atoms with van der Waals surface area (Å²) in [7, 11) is 0. The first-order valence-electron chi connectivity index (χ1n) is 12.8. The molecule has 2 unspecified atom stereocenters. The van der Waals surface area contributed by atoms with Crippen molar-refractivity contribution in [1.29, 1.82) is 0 Å². The lowest BCUT2D eigenvalue weighted by Gasteiger charge is -2.34. The topological polar surface area (TPSA) is 98.7 Å². The summed E-state index contributed by atoms with van der Waals surface area (Å²) in [4.78, 5) is 42.8. The standard InChI is InChI=1S/C28H33N3O4S/c32-17-9-3-8-16-31-24(26(34)29-18-19-10-4-1-5-11-19)28-15-14-21(36-28)22(23(28)27(31)35)25(33)30-20-12-6-2-7-13-20/h1-2,4-7,10-13,21-24,32H,3,8-9,14-18H2,(H,29,34)(H,30,33)/t21-,22+,23-,24?,28?/m0/s1. The second-order valence-corrected chi connectivity index (χ2v) is 11.5. The highest BCUT2D eigenvalue weighted by Crippen LogP contribution is 2.66. The van der Waals surface area contributed by atoms with Gasteiger partial charge in [0.2, 0.25) is 17.7 Å². The Kier molecular flexibility index (Phi) is 7.34. The minimum absolute atomic E-state index is 0.0311. The third kappa shape index (κ3) is 4.52. The normalized spacial score (nSPS) is 28.2.